The molecular weight excluding hydrogens is 320 g/mol. The molecule has 0 radical (unpaired) electrons. The Kier molecular flexibility index (Phi) is 5.85. The van der Waals surface area contributed by atoms with Gasteiger partial charge in [0, 0.05) is 6.42 Å². The van der Waals surface area contributed by atoms with Gasteiger partial charge >= 0.3 is 5.97 Å². The minimum Gasteiger partial charge on any atom is -0.464 e. The zero-order chi connectivity index (χ0) is 18.2. The molecule has 0 N–H and O–H groups in total. The molecule has 2 heteroatoms. The normalized spacial score (nSPS) is 11.1. The average Bonchev–Trinajstić information content (AvgIpc) is 2.71. The van der Waals surface area contributed by atoms with E-state index in [2.05, 4.69) is 12.1 Å². The van der Waals surface area contributed by atoms with Crippen molar-refractivity contribution < 1.29 is 9.53 Å². The highest BCUT2D eigenvalue weighted by Crippen LogP contribution is 2.37. The van der Waals surface area contributed by atoms with Crippen LogP contribution in [0.15, 0.2) is 91.0 Å². The molecule has 0 spiro atoms. The molecule has 26 heavy (non-hydrogen) atoms. The van der Waals surface area contributed by atoms with Crippen LogP contribution in [-0.2, 0) is 21.4 Å². The van der Waals surface area contributed by atoms with Crippen LogP contribution in [0.4, 0.5) is 0 Å². The Hall–Kier alpha value is -2.87. The molecule has 0 aliphatic heterocycles. The number of rotatable bonds is 7. The number of hydrogen-bond acceptors (Lipinski definition) is 2. The molecule has 3 aromatic rings. The predicted molar refractivity (Wildman–Crippen MR) is 105 cm³/mol. The summed E-state index contributed by atoms with van der Waals surface area (Å²) in [5, 5.41) is 0. The van der Waals surface area contributed by atoms with Crippen molar-refractivity contribution in [2.75, 3.05) is 6.61 Å². The quantitative estimate of drug-likeness (QED) is 0.553. The van der Waals surface area contributed by atoms with Gasteiger partial charge in [0.1, 0.15) is 5.41 Å². The van der Waals surface area contributed by atoms with Crippen molar-refractivity contribution in [1.82, 2.24) is 0 Å². The van der Waals surface area contributed by atoms with Crippen LogP contribution >= 0.6 is 0 Å². The highest BCUT2D eigenvalue weighted by molar-refractivity contribution is 5.87. The first-order valence-electron chi connectivity index (χ1n) is 9.09. The molecular formula is C24H24O2. The van der Waals surface area contributed by atoms with Crippen molar-refractivity contribution in [2.45, 2.75) is 25.2 Å². The van der Waals surface area contributed by atoms with E-state index < -0.39 is 5.41 Å². The van der Waals surface area contributed by atoms with E-state index in [1.165, 1.54) is 5.56 Å². The third kappa shape index (κ3) is 3.70. The van der Waals surface area contributed by atoms with Gasteiger partial charge in [-0.2, -0.15) is 0 Å². The van der Waals surface area contributed by atoms with Gasteiger partial charge in [0.2, 0.25) is 0 Å². The monoisotopic (exact) mass is 344 g/mol. The number of esters is 1. The maximum atomic E-state index is 13.3. The van der Waals surface area contributed by atoms with E-state index in [0.29, 0.717) is 13.0 Å². The maximum absolute atomic E-state index is 13.3. The molecule has 0 aliphatic carbocycles. The average molecular weight is 344 g/mol. The molecule has 0 aromatic heterocycles. The Morgan fingerprint density at radius 3 is 1.69 bits per heavy atom. The van der Waals surface area contributed by atoms with Gasteiger partial charge in [-0.3, -0.25) is 4.79 Å². The van der Waals surface area contributed by atoms with Crippen LogP contribution in [0.5, 0.6) is 0 Å². The van der Waals surface area contributed by atoms with Gasteiger partial charge in [0.25, 0.3) is 0 Å². The molecule has 0 bridgehead atoms. The third-order valence-corrected chi connectivity index (χ3v) is 4.88. The second-order valence-electron chi connectivity index (χ2n) is 6.36. The molecule has 0 unspecified atom stereocenters. The van der Waals surface area contributed by atoms with Gasteiger partial charge < -0.3 is 4.74 Å². The molecule has 132 valence electrons. The van der Waals surface area contributed by atoms with Crippen molar-refractivity contribution in [3.05, 3.63) is 108 Å². The summed E-state index contributed by atoms with van der Waals surface area (Å²) in [4.78, 5) is 13.3. The van der Waals surface area contributed by atoms with Gasteiger partial charge in [-0.15, -0.1) is 0 Å². The lowest BCUT2D eigenvalue weighted by atomic mass is 9.72. The number of ether oxygens (including phenoxy) is 1. The standard InChI is InChI=1S/C24H24O2/c1-2-24(21-14-8-4-9-15-21,22-16-10-5-11-17-22)23(25)26-19-18-20-12-6-3-7-13-20/h3-17H,2,18-19H2,1H3. The van der Waals surface area contributed by atoms with E-state index in [4.69, 9.17) is 4.74 Å². The van der Waals surface area contributed by atoms with Crippen LogP contribution in [0.2, 0.25) is 0 Å². The lowest BCUT2D eigenvalue weighted by molar-refractivity contribution is -0.149. The maximum Gasteiger partial charge on any atom is 0.321 e. The van der Waals surface area contributed by atoms with E-state index in [0.717, 1.165) is 17.5 Å². The Labute approximate surface area is 155 Å². The van der Waals surface area contributed by atoms with Crippen molar-refractivity contribution in [1.29, 1.82) is 0 Å². The fourth-order valence-corrected chi connectivity index (χ4v) is 3.43. The summed E-state index contributed by atoms with van der Waals surface area (Å²) in [6, 6.07) is 30.0. The summed E-state index contributed by atoms with van der Waals surface area (Å²) >= 11 is 0. The van der Waals surface area contributed by atoms with E-state index in [9.17, 15) is 4.79 Å². The van der Waals surface area contributed by atoms with Crippen LogP contribution in [0.25, 0.3) is 0 Å². The Bertz CT molecular complexity index is 771. The SMILES string of the molecule is CCC(C(=O)OCCc1ccccc1)(c1ccccc1)c1ccccc1. The van der Waals surface area contributed by atoms with Crippen molar-refractivity contribution >= 4 is 5.97 Å². The van der Waals surface area contributed by atoms with Crippen LogP contribution in [0.1, 0.15) is 30.0 Å². The number of carbonyl (C=O) groups excluding carboxylic acids is 1. The summed E-state index contributed by atoms with van der Waals surface area (Å²) < 4.78 is 5.77. The second kappa shape index (κ2) is 8.48. The molecule has 0 heterocycles. The third-order valence-electron chi connectivity index (χ3n) is 4.88. The molecule has 0 amide bonds. The van der Waals surface area contributed by atoms with E-state index in [1.54, 1.807) is 0 Å². The van der Waals surface area contributed by atoms with E-state index in [-0.39, 0.29) is 5.97 Å². The van der Waals surface area contributed by atoms with E-state index in [1.807, 2.05) is 85.8 Å². The highest BCUT2D eigenvalue weighted by atomic mass is 16.5. The van der Waals surface area contributed by atoms with Gasteiger partial charge in [0.05, 0.1) is 6.61 Å². The molecule has 0 saturated heterocycles. The van der Waals surface area contributed by atoms with Crippen LogP contribution in [-0.4, -0.2) is 12.6 Å². The fraction of sp³-hybridized carbons (Fsp3) is 0.208. The summed E-state index contributed by atoms with van der Waals surface area (Å²) in [6.45, 7) is 2.42. The van der Waals surface area contributed by atoms with Crippen molar-refractivity contribution in [3.8, 4) is 0 Å². The highest BCUT2D eigenvalue weighted by Gasteiger charge is 2.41. The minimum absolute atomic E-state index is 0.187. The molecule has 0 aliphatic rings. The molecule has 0 fully saturated rings. The lowest BCUT2D eigenvalue weighted by Gasteiger charge is -2.31. The van der Waals surface area contributed by atoms with Crippen LogP contribution in [0, 0.1) is 0 Å². The van der Waals surface area contributed by atoms with Gasteiger partial charge in [-0.05, 0) is 23.1 Å². The lowest BCUT2D eigenvalue weighted by Crippen LogP contribution is -2.38. The summed E-state index contributed by atoms with van der Waals surface area (Å²) in [6.07, 6.45) is 1.36. The molecule has 0 saturated carbocycles. The summed E-state index contributed by atoms with van der Waals surface area (Å²) in [5.41, 5.74) is 2.33. The van der Waals surface area contributed by atoms with Crippen LogP contribution in [0.3, 0.4) is 0 Å². The first kappa shape index (κ1) is 17.9. The topological polar surface area (TPSA) is 26.3 Å². The zero-order valence-corrected chi connectivity index (χ0v) is 15.1. The fourth-order valence-electron chi connectivity index (χ4n) is 3.43. The Balaban J connectivity index is 1.87. The Morgan fingerprint density at radius 1 is 0.769 bits per heavy atom. The number of carbonyl (C=O) groups is 1. The number of benzene rings is 3. The van der Waals surface area contributed by atoms with E-state index >= 15 is 0 Å². The smallest absolute Gasteiger partial charge is 0.321 e. The van der Waals surface area contributed by atoms with Gasteiger partial charge in [-0.25, -0.2) is 0 Å². The Morgan fingerprint density at radius 2 is 1.23 bits per heavy atom. The van der Waals surface area contributed by atoms with Gasteiger partial charge in [0.15, 0.2) is 0 Å². The molecule has 0 atom stereocenters. The molecule has 3 rings (SSSR count). The minimum atomic E-state index is -0.779. The zero-order valence-electron chi connectivity index (χ0n) is 15.1. The van der Waals surface area contributed by atoms with Crippen molar-refractivity contribution in [3.63, 3.8) is 0 Å². The largest absolute Gasteiger partial charge is 0.464 e. The summed E-state index contributed by atoms with van der Waals surface area (Å²) in [7, 11) is 0. The molecule has 3 aromatic carbocycles. The first-order valence-corrected chi connectivity index (χ1v) is 9.09. The van der Waals surface area contributed by atoms with Crippen LogP contribution < -0.4 is 0 Å². The summed E-state index contributed by atoms with van der Waals surface area (Å²) in [5.74, 6) is -0.187. The molecule has 2 nitrogen and oxygen atoms in total. The van der Waals surface area contributed by atoms with Gasteiger partial charge in [-0.1, -0.05) is 97.9 Å². The first-order chi connectivity index (χ1) is 12.8. The number of hydrogen-bond donors (Lipinski definition) is 0. The predicted octanol–water partition coefficient (Wildman–Crippen LogP) is 5.17. The van der Waals surface area contributed by atoms with Crippen molar-refractivity contribution in [2.24, 2.45) is 0 Å². The second-order valence-corrected chi connectivity index (χ2v) is 6.36.